The first kappa shape index (κ1) is 10.7. The second-order valence-electron chi connectivity index (χ2n) is 4.61. The van der Waals surface area contributed by atoms with Gasteiger partial charge in [0.2, 0.25) is 0 Å². The molecule has 18 heavy (non-hydrogen) atoms. The zero-order chi connectivity index (χ0) is 12.1. The monoisotopic (exact) mass is 277 g/mol. The summed E-state index contributed by atoms with van der Waals surface area (Å²) in [6, 6.07) is 8.18. The molecule has 1 aromatic carbocycles. The lowest BCUT2D eigenvalue weighted by Crippen LogP contribution is -2.30. The number of nitrogens with one attached hydrogen (secondary N) is 1. The fourth-order valence-electron chi connectivity index (χ4n) is 2.74. The van der Waals surface area contributed by atoms with Crippen LogP contribution < -0.4 is 9.61 Å². The van der Waals surface area contributed by atoms with Crippen molar-refractivity contribution >= 4 is 23.1 Å². The minimum atomic E-state index is 0.0529. The normalized spacial score (nSPS) is 24.7. The standard InChI is InChI=1S/C13H11NO2S2/c15-13-14-12-11(18-13)10-7(6-17-12)5-16-9-4-2-1-3-8(9)10/h1-4,7,10H,5-6H2,(H,14,15). The molecule has 2 aliphatic rings. The van der Waals surface area contributed by atoms with E-state index in [4.69, 9.17) is 4.74 Å². The summed E-state index contributed by atoms with van der Waals surface area (Å²) in [7, 11) is 0. The van der Waals surface area contributed by atoms with Crippen molar-refractivity contribution in [2.75, 3.05) is 12.4 Å². The maximum absolute atomic E-state index is 11.6. The van der Waals surface area contributed by atoms with E-state index in [1.165, 1.54) is 21.8 Å². The number of hydrogen-bond donors (Lipinski definition) is 1. The number of para-hydroxylation sites is 1. The van der Waals surface area contributed by atoms with Crippen LogP contribution in [0.2, 0.25) is 0 Å². The quantitative estimate of drug-likeness (QED) is 0.805. The van der Waals surface area contributed by atoms with Gasteiger partial charge in [-0.15, -0.1) is 11.8 Å². The summed E-state index contributed by atoms with van der Waals surface area (Å²) in [5, 5.41) is 1.06. The van der Waals surface area contributed by atoms with Gasteiger partial charge in [0.05, 0.1) is 11.6 Å². The third-order valence-corrected chi connectivity index (χ3v) is 5.84. The summed E-state index contributed by atoms with van der Waals surface area (Å²) >= 11 is 3.10. The first-order valence-corrected chi connectivity index (χ1v) is 7.70. The van der Waals surface area contributed by atoms with E-state index in [2.05, 4.69) is 11.1 Å². The molecule has 0 radical (unpaired) electrons. The highest BCUT2D eigenvalue weighted by Gasteiger charge is 2.38. The van der Waals surface area contributed by atoms with Crippen LogP contribution in [0, 0.1) is 5.92 Å². The Morgan fingerprint density at radius 2 is 2.22 bits per heavy atom. The molecule has 2 unspecified atom stereocenters. The smallest absolute Gasteiger partial charge is 0.305 e. The molecule has 1 N–H and O–H groups in total. The second-order valence-corrected chi connectivity index (χ2v) is 6.65. The van der Waals surface area contributed by atoms with E-state index in [9.17, 15) is 4.79 Å². The maximum Gasteiger partial charge on any atom is 0.305 e. The number of H-pyrrole nitrogens is 1. The highest BCUT2D eigenvalue weighted by atomic mass is 32.2. The number of ether oxygens (including phenoxy) is 1. The van der Waals surface area contributed by atoms with Gasteiger partial charge in [0.1, 0.15) is 5.75 Å². The molecule has 2 aliphatic heterocycles. The van der Waals surface area contributed by atoms with Crippen LogP contribution in [0.5, 0.6) is 5.75 Å². The first-order valence-electron chi connectivity index (χ1n) is 5.90. The molecule has 3 heterocycles. The lowest BCUT2D eigenvalue weighted by Gasteiger charge is -2.35. The molecular weight excluding hydrogens is 266 g/mol. The molecule has 5 heteroatoms. The highest BCUT2D eigenvalue weighted by Crippen LogP contribution is 2.49. The number of aromatic nitrogens is 1. The van der Waals surface area contributed by atoms with Crippen LogP contribution in [-0.2, 0) is 0 Å². The zero-order valence-corrected chi connectivity index (χ0v) is 11.1. The largest absolute Gasteiger partial charge is 0.493 e. The average molecular weight is 277 g/mol. The molecule has 0 aliphatic carbocycles. The molecule has 0 amide bonds. The third kappa shape index (κ3) is 1.47. The SMILES string of the molecule is O=c1[nH]c2c(s1)C1c3ccccc3OCC1CS2. The lowest BCUT2D eigenvalue weighted by molar-refractivity contribution is 0.219. The molecule has 0 saturated carbocycles. The van der Waals surface area contributed by atoms with Gasteiger partial charge in [0.25, 0.3) is 0 Å². The molecule has 92 valence electrons. The van der Waals surface area contributed by atoms with E-state index in [0.29, 0.717) is 11.8 Å². The van der Waals surface area contributed by atoms with Crippen molar-refractivity contribution in [1.29, 1.82) is 0 Å². The first-order chi connectivity index (χ1) is 8.83. The van der Waals surface area contributed by atoms with Crippen molar-refractivity contribution < 1.29 is 4.74 Å². The number of rotatable bonds is 0. The molecule has 3 nitrogen and oxygen atoms in total. The van der Waals surface area contributed by atoms with Crippen LogP contribution >= 0.6 is 23.1 Å². The summed E-state index contributed by atoms with van der Waals surface area (Å²) in [6.45, 7) is 0.750. The van der Waals surface area contributed by atoms with Crippen LogP contribution in [0.3, 0.4) is 0 Å². The Morgan fingerprint density at radius 3 is 3.17 bits per heavy atom. The highest BCUT2D eigenvalue weighted by molar-refractivity contribution is 7.99. The summed E-state index contributed by atoms with van der Waals surface area (Å²) in [5.41, 5.74) is 1.23. The predicted octanol–water partition coefficient (Wildman–Crippen LogP) is 2.68. The van der Waals surface area contributed by atoms with Gasteiger partial charge in [-0.25, -0.2) is 0 Å². The summed E-state index contributed by atoms with van der Waals surface area (Å²) in [4.78, 5) is 15.8. The molecule has 0 bridgehead atoms. The number of hydrogen-bond acceptors (Lipinski definition) is 4. The summed E-state index contributed by atoms with van der Waals surface area (Å²) in [5.74, 6) is 2.79. The molecular formula is C13H11NO2S2. The van der Waals surface area contributed by atoms with Gasteiger partial charge in [-0.2, -0.15) is 0 Å². The van der Waals surface area contributed by atoms with Gasteiger partial charge in [-0.1, -0.05) is 29.5 Å². The summed E-state index contributed by atoms with van der Waals surface area (Å²) in [6.07, 6.45) is 0. The van der Waals surface area contributed by atoms with Gasteiger partial charge in [0.15, 0.2) is 0 Å². The van der Waals surface area contributed by atoms with E-state index in [1.54, 1.807) is 11.8 Å². The number of fused-ring (bicyclic) bond motifs is 5. The Balaban J connectivity index is 1.93. The molecule has 4 rings (SSSR count). The second kappa shape index (κ2) is 3.90. The Labute approximate surface area is 112 Å². The van der Waals surface area contributed by atoms with Gasteiger partial charge in [0, 0.05) is 28.0 Å². The number of benzene rings is 1. The third-order valence-electron chi connectivity index (χ3n) is 3.54. The van der Waals surface area contributed by atoms with E-state index in [-0.39, 0.29) is 4.87 Å². The molecule has 2 atom stereocenters. The Bertz CT molecular complexity index is 661. The van der Waals surface area contributed by atoms with Crippen molar-refractivity contribution in [3.63, 3.8) is 0 Å². The van der Waals surface area contributed by atoms with Gasteiger partial charge < -0.3 is 9.72 Å². The minimum Gasteiger partial charge on any atom is -0.493 e. The van der Waals surface area contributed by atoms with E-state index in [1.807, 2.05) is 18.2 Å². The van der Waals surface area contributed by atoms with Crippen molar-refractivity contribution in [2.45, 2.75) is 10.9 Å². The molecule has 2 aromatic rings. The minimum absolute atomic E-state index is 0.0529. The lowest BCUT2D eigenvalue weighted by atomic mass is 9.84. The zero-order valence-electron chi connectivity index (χ0n) is 9.51. The Morgan fingerprint density at radius 1 is 1.33 bits per heavy atom. The maximum atomic E-state index is 11.6. The Kier molecular flexibility index (Phi) is 2.32. The molecule has 1 aromatic heterocycles. The molecule has 0 saturated heterocycles. The fraction of sp³-hybridized carbons (Fsp3) is 0.308. The Hall–Kier alpha value is -1.20. The van der Waals surface area contributed by atoms with Crippen LogP contribution in [0.15, 0.2) is 34.1 Å². The van der Waals surface area contributed by atoms with Gasteiger partial charge >= 0.3 is 4.87 Å². The van der Waals surface area contributed by atoms with E-state index < -0.39 is 0 Å². The number of thiazole rings is 1. The van der Waals surface area contributed by atoms with Gasteiger partial charge in [-0.05, 0) is 6.07 Å². The average Bonchev–Trinajstić information content (AvgIpc) is 2.78. The van der Waals surface area contributed by atoms with Crippen LogP contribution in [-0.4, -0.2) is 17.3 Å². The van der Waals surface area contributed by atoms with Crippen molar-refractivity contribution in [2.24, 2.45) is 5.92 Å². The predicted molar refractivity (Wildman–Crippen MR) is 72.9 cm³/mol. The molecule has 0 spiro atoms. The van der Waals surface area contributed by atoms with E-state index >= 15 is 0 Å². The number of aromatic amines is 1. The van der Waals surface area contributed by atoms with Gasteiger partial charge in [-0.3, -0.25) is 4.79 Å². The van der Waals surface area contributed by atoms with Crippen LogP contribution in [0.4, 0.5) is 0 Å². The van der Waals surface area contributed by atoms with Crippen LogP contribution in [0.25, 0.3) is 0 Å². The van der Waals surface area contributed by atoms with E-state index in [0.717, 1.165) is 23.1 Å². The van der Waals surface area contributed by atoms with Crippen molar-refractivity contribution in [3.05, 3.63) is 44.4 Å². The van der Waals surface area contributed by atoms with Crippen LogP contribution in [0.1, 0.15) is 16.4 Å². The van der Waals surface area contributed by atoms with Crippen molar-refractivity contribution in [1.82, 2.24) is 4.98 Å². The topological polar surface area (TPSA) is 42.1 Å². The van der Waals surface area contributed by atoms with Crippen molar-refractivity contribution in [3.8, 4) is 5.75 Å². The fourth-order valence-corrected chi connectivity index (χ4v) is 5.16. The number of thioether (sulfide) groups is 1. The molecule has 0 fully saturated rings. The summed E-state index contributed by atoms with van der Waals surface area (Å²) < 4.78 is 5.82.